The maximum Gasteiger partial charge on any atom is 0.314 e. The number of carbonyl (C=O) groups is 1. The molecule has 0 spiro atoms. The van der Waals surface area contributed by atoms with Crippen molar-refractivity contribution in [2.45, 2.75) is 44.8 Å². The van der Waals surface area contributed by atoms with Crippen LogP contribution in [0.3, 0.4) is 0 Å². The maximum atomic E-state index is 12.1. The number of halogens is 1. The summed E-state index contributed by atoms with van der Waals surface area (Å²) in [4.78, 5) is 11.8. The zero-order chi connectivity index (χ0) is 37.2. The van der Waals surface area contributed by atoms with Crippen molar-refractivity contribution >= 4 is 23.3 Å². The second-order valence-electron chi connectivity index (χ2n) is 5.41. The molecule has 0 bridgehead atoms. The van der Waals surface area contributed by atoms with E-state index in [0.29, 0.717) is 0 Å². The Kier molecular flexibility index (Phi) is 2.43. The summed E-state index contributed by atoms with van der Waals surface area (Å²) in [5.41, 5.74) is -0.223. The minimum atomic E-state index is -4.38. The highest BCUT2D eigenvalue weighted by atomic mass is 35.5. The Morgan fingerprint density at radius 3 is 2.67 bits per heavy atom. The number of hydrogen-bond acceptors (Lipinski definition) is 3. The third kappa shape index (κ3) is 5.52. The van der Waals surface area contributed by atoms with E-state index in [4.69, 9.17) is 39.0 Å². The molecule has 1 aromatic rings. The second kappa shape index (κ2) is 9.65. The van der Waals surface area contributed by atoms with Gasteiger partial charge in [0.1, 0.15) is 0 Å². The molecule has 1 saturated carbocycles. The van der Waals surface area contributed by atoms with E-state index in [1.807, 2.05) is 5.32 Å². The summed E-state index contributed by atoms with van der Waals surface area (Å²) in [6, 6.07) is -1.50. The molecule has 5 nitrogen and oxygen atoms in total. The van der Waals surface area contributed by atoms with Crippen LogP contribution in [-0.2, 0) is 0 Å². The predicted octanol–water partition coefficient (Wildman–Crippen LogP) is 3.65. The number of benzene rings is 1. The van der Waals surface area contributed by atoms with Gasteiger partial charge >= 0.3 is 6.03 Å². The molecule has 0 aromatic heterocycles. The number of nitrogens with one attached hydrogen (secondary N) is 2. The van der Waals surface area contributed by atoms with E-state index < -0.39 is 88.0 Å². The van der Waals surface area contributed by atoms with Crippen LogP contribution in [0, 0.1) is 12.8 Å². The Bertz CT molecular complexity index is 1380. The van der Waals surface area contributed by atoms with Gasteiger partial charge in [-0.2, -0.15) is 0 Å². The Morgan fingerprint density at radius 1 is 1.30 bits per heavy atom. The van der Waals surface area contributed by atoms with Crippen molar-refractivity contribution in [3.8, 4) is 0 Å². The number of anilines is 1. The minimum absolute atomic E-state index is 0.0766. The SMILES string of the molecule is [2H]C([2H])(CN1C([2H])([2H])C([2H])([2H])N(c2cccc(C)c2Cl)C([2H])([2H])C1([2H])[2H])C1([2H])C([2H])([2H])C([2H])([2H])C([2H])(NC(=O)NC)C([2H])([2H])C1([2H])[2H]. The van der Waals surface area contributed by atoms with Crippen LogP contribution in [0.5, 0.6) is 0 Å². The first-order valence-electron chi connectivity index (χ1n) is 17.9. The number of hydrogen-bond donors (Lipinski definition) is 2. The summed E-state index contributed by atoms with van der Waals surface area (Å²) >= 11 is 6.29. The van der Waals surface area contributed by atoms with Crippen LogP contribution in [-0.4, -0.2) is 56.5 Å². The first-order valence-corrected chi connectivity index (χ1v) is 8.30. The van der Waals surface area contributed by atoms with Crippen LogP contribution in [0.4, 0.5) is 10.5 Å². The molecule has 2 fully saturated rings. The second-order valence-corrected chi connectivity index (χ2v) is 5.79. The molecule has 0 unspecified atom stereocenters. The van der Waals surface area contributed by atoms with Gasteiger partial charge in [-0.05, 0) is 62.9 Å². The van der Waals surface area contributed by atoms with Crippen molar-refractivity contribution in [1.82, 2.24) is 15.5 Å². The summed E-state index contributed by atoms with van der Waals surface area (Å²) in [6.45, 7) is -15.5. The summed E-state index contributed by atoms with van der Waals surface area (Å²) in [5, 5.41) is 3.12. The van der Waals surface area contributed by atoms with Crippen molar-refractivity contribution in [3.63, 3.8) is 0 Å². The number of amides is 2. The lowest BCUT2D eigenvalue weighted by atomic mass is 9.84. The van der Waals surface area contributed by atoms with Crippen LogP contribution < -0.4 is 15.5 Å². The molecule has 3 rings (SSSR count). The fraction of sp³-hybridized carbons (Fsp3) is 0.667. The smallest absolute Gasteiger partial charge is 0.314 e. The number of rotatable bonds is 5. The van der Waals surface area contributed by atoms with Gasteiger partial charge in [0, 0.05) is 59.6 Å². The molecular weight excluding hydrogens is 360 g/mol. The molecule has 1 aromatic carbocycles. The average Bonchev–Trinajstić information content (AvgIpc) is 2.91. The number of piperazine rings is 1. The summed E-state index contributed by atoms with van der Waals surface area (Å²) < 4.78 is 172. The van der Waals surface area contributed by atoms with Crippen molar-refractivity contribution in [3.05, 3.63) is 28.8 Å². The van der Waals surface area contributed by atoms with Crippen molar-refractivity contribution < 1.29 is 32.2 Å². The molecule has 1 heterocycles. The average molecular weight is 413 g/mol. The van der Waals surface area contributed by atoms with E-state index in [9.17, 15) is 4.79 Å². The molecule has 150 valence electrons. The molecule has 1 aliphatic heterocycles. The summed E-state index contributed by atoms with van der Waals surface area (Å²) in [7, 11) is 0.967. The zero-order valence-electron chi connectivity index (χ0n) is 34.6. The maximum absolute atomic E-state index is 12.1. The van der Waals surface area contributed by atoms with Gasteiger partial charge in [0.2, 0.25) is 0 Å². The fourth-order valence-electron chi connectivity index (χ4n) is 2.08. The van der Waals surface area contributed by atoms with E-state index in [-0.39, 0.29) is 20.4 Å². The molecule has 1 aliphatic carbocycles. The van der Waals surface area contributed by atoms with Crippen LogP contribution in [0.1, 0.15) is 64.8 Å². The van der Waals surface area contributed by atoms with E-state index >= 15 is 0 Å². The molecule has 2 amide bonds. The monoisotopic (exact) mass is 412 g/mol. The van der Waals surface area contributed by atoms with Gasteiger partial charge in [0.25, 0.3) is 0 Å². The number of aryl methyl sites for hydroxylation is 1. The molecule has 1 saturated heterocycles. The van der Waals surface area contributed by atoms with Crippen LogP contribution in [0.25, 0.3) is 0 Å². The van der Waals surface area contributed by atoms with Crippen molar-refractivity contribution in [2.75, 3.05) is 44.5 Å². The van der Waals surface area contributed by atoms with Gasteiger partial charge in [-0.25, -0.2) is 4.79 Å². The Morgan fingerprint density at radius 2 is 2.00 bits per heavy atom. The molecular formula is C21H33ClN4O. The lowest BCUT2D eigenvalue weighted by Gasteiger charge is -2.37. The number of nitrogens with zero attached hydrogens (tertiary/aromatic N) is 2. The third-order valence-electron chi connectivity index (χ3n) is 3.51. The highest BCUT2D eigenvalue weighted by molar-refractivity contribution is 6.34. The van der Waals surface area contributed by atoms with E-state index in [2.05, 4.69) is 0 Å². The lowest BCUT2D eigenvalue weighted by molar-refractivity contribution is 0.206. The molecule has 0 radical (unpaired) electrons. The van der Waals surface area contributed by atoms with Crippen LogP contribution in [0.15, 0.2) is 18.2 Å². The quantitative estimate of drug-likeness (QED) is 0.775. The molecule has 2 aliphatic rings. The normalized spacial score (nSPS) is 55.7. The van der Waals surface area contributed by atoms with Crippen molar-refractivity contribution in [2.24, 2.45) is 5.89 Å². The molecule has 2 N–H and O–H groups in total. The highest BCUT2D eigenvalue weighted by Gasteiger charge is 2.24. The highest BCUT2D eigenvalue weighted by Crippen LogP contribution is 2.30. The van der Waals surface area contributed by atoms with E-state index in [0.717, 1.165) is 13.1 Å². The minimum Gasteiger partial charge on any atom is -0.368 e. The van der Waals surface area contributed by atoms with Crippen molar-refractivity contribution in [1.29, 1.82) is 0 Å². The van der Waals surface area contributed by atoms with E-state index in [1.165, 1.54) is 24.4 Å². The predicted molar refractivity (Wildman–Crippen MR) is 113 cm³/mol. The van der Waals surface area contributed by atoms with Gasteiger partial charge < -0.3 is 15.5 Å². The number of carbonyl (C=O) groups excluding carboxylic acids is 1. The number of urea groups is 1. The van der Waals surface area contributed by atoms with Gasteiger partial charge in [0.15, 0.2) is 0 Å². The molecule has 0 atom stereocenters. The van der Waals surface area contributed by atoms with Crippen LogP contribution >= 0.6 is 11.6 Å². The van der Waals surface area contributed by atoms with E-state index in [1.54, 1.807) is 0 Å². The zero-order valence-corrected chi connectivity index (χ0v) is 15.4. The summed E-state index contributed by atoms with van der Waals surface area (Å²) in [6.07, 6.45) is -21.0. The molecule has 6 heteroatoms. The Balaban J connectivity index is 2.31. The van der Waals surface area contributed by atoms with Gasteiger partial charge in [-0.3, -0.25) is 4.90 Å². The fourth-order valence-corrected chi connectivity index (χ4v) is 2.29. The van der Waals surface area contributed by atoms with Gasteiger partial charge in [0.05, 0.1) is 17.6 Å². The third-order valence-corrected chi connectivity index (χ3v) is 4.00. The van der Waals surface area contributed by atoms with Gasteiger partial charge in [-0.1, -0.05) is 23.7 Å². The Labute approximate surface area is 196 Å². The first-order chi connectivity index (χ1) is 20.6. The first kappa shape index (κ1) is 6.81. The topological polar surface area (TPSA) is 47.6 Å². The lowest BCUT2D eigenvalue weighted by Crippen LogP contribution is -2.47. The Hall–Kier alpha value is -1.46. The van der Waals surface area contributed by atoms with Gasteiger partial charge in [-0.15, -0.1) is 0 Å². The standard InChI is InChI=1S/C21H33ClN4O/c1-16-4-3-5-19(20(16)22)26-14-12-25(13-15-26)11-10-17-6-8-18(9-7-17)24-21(27)23-2/h3-5,17-18H,6-15H2,1-2H3,(H2,23,24,27)/i6D2,7D2,8D2,9D2,10D2,12D2,13D2,14D2,15D2,17D,18D. The largest absolute Gasteiger partial charge is 0.368 e. The molecule has 27 heavy (non-hydrogen) atoms. The summed E-state index contributed by atoms with van der Waals surface area (Å²) in [5.74, 6) is -4.38. The van der Waals surface area contributed by atoms with Crippen LogP contribution in [0.2, 0.25) is 5.02 Å².